The number of hydrogen-bond donors (Lipinski definition) is 0. The maximum atomic E-state index is 12.2. The van der Waals surface area contributed by atoms with E-state index in [1.165, 1.54) is 81.8 Å². The second kappa shape index (κ2) is 9.38. The molecule has 4 aliphatic carbocycles. The molecule has 1 unspecified atom stereocenters. The van der Waals surface area contributed by atoms with Crippen LogP contribution in [0.4, 0.5) is 0 Å². The lowest BCUT2D eigenvalue weighted by Gasteiger charge is -2.53. The van der Waals surface area contributed by atoms with Crippen LogP contribution in [0.3, 0.4) is 0 Å². The fourth-order valence-electron chi connectivity index (χ4n) is 9.44. The van der Waals surface area contributed by atoms with Gasteiger partial charge >= 0.3 is 5.97 Å². The first-order valence-electron chi connectivity index (χ1n) is 14.7. The summed E-state index contributed by atoms with van der Waals surface area (Å²) in [6.45, 7) is 2.44. The maximum absolute atomic E-state index is 12.2. The lowest BCUT2D eigenvalue weighted by atomic mass is 9.52. The van der Waals surface area contributed by atoms with Gasteiger partial charge in [0.25, 0.3) is 0 Å². The second-order valence-electron chi connectivity index (χ2n) is 12.6. The number of ether oxygens (including phenoxy) is 1. The normalized spacial score (nSPS) is 32.5. The van der Waals surface area contributed by atoms with E-state index in [0.717, 1.165) is 5.92 Å². The van der Waals surface area contributed by atoms with E-state index in [1.807, 2.05) is 12.1 Å². The molecule has 0 amide bonds. The molecule has 4 saturated carbocycles. The summed E-state index contributed by atoms with van der Waals surface area (Å²) in [7, 11) is 1.46. The average molecular weight is 506 g/mol. The Hall–Kier alpha value is -2.91. The average Bonchev–Trinajstić information content (AvgIpc) is 3.52. The molecule has 38 heavy (non-hydrogen) atoms. The van der Waals surface area contributed by atoms with Gasteiger partial charge in [0.05, 0.1) is 12.7 Å². The molecular weight excluding hydrogens is 466 g/mol. The van der Waals surface area contributed by atoms with Crippen molar-refractivity contribution in [1.82, 2.24) is 4.90 Å². The quantitative estimate of drug-likeness (QED) is 0.324. The van der Waals surface area contributed by atoms with Crippen LogP contribution in [-0.4, -0.2) is 31.1 Å². The maximum Gasteiger partial charge on any atom is 0.337 e. The van der Waals surface area contributed by atoms with Crippen molar-refractivity contribution in [3.63, 3.8) is 0 Å². The predicted octanol–water partition coefficient (Wildman–Crippen LogP) is 7.54. The molecule has 1 saturated heterocycles. The third-order valence-electron chi connectivity index (χ3n) is 10.7. The van der Waals surface area contributed by atoms with Crippen molar-refractivity contribution < 1.29 is 9.53 Å². The first-order valence-corrected chi connectivity index (χ1v) is 14.7. The lowest BCUT2D eigenvalue weighted by Crippen LogP contribution is -2.48. The molecule has 3 aromatic carbocycles. The molecule has 5 aliphatic rings. The van der Waals surface area contributed by atoms with Gasteiger partial charge in [0.15, 0.2) is 0 Å². The van der Waals surface area contributed by atoms with Crippen molar-refractivity contribution in [2.45, 2.75) is 62.3 Å². The number of nitrogens with zero attached hydrogens (tertiary/aromatic N) is 1. The Morgan fingerprint density at radius 3 is 2.11 bits per heavy atom. The molecule has 3 aromatic rings. The predicted molar refractivity (Wildman–Crippen MR) is 151 cm³/mol. The summed E-state index contributed by atoms with van der Waals surface area (Å²) < 4.78 is 4.98. The summed E-state index contributed by atoms with van der Waals surface area (Å²) in [5.41, 5.74) is 5.46. The largest absolute Gasteiger partial charge is 0.465 e. The number of esters is 1. The van der Waals surface area contributed by atoms with Crippen LogP contribution >= 0.6 is 0 Å². The third-order valence-corrected chi connectivity index (χ3v) is 10.7. The Morgan fingerprint density at radius 2 is 1.47 bits per heavy atom. The standard InChI is InChI=1S/C35H39NO2/c1-38-33(37)28-17-19-29(20-18-28)34-23-35(24-34)30(31(34)26-13-7-3-8-14-26)22-36(21-25-11-5-2-6-12-25)32(35)27-15-9-4-10-16-27/h3-4,7-10,13-20,25,30-32H,2,5-6,11-12,21-24H2,1H3/t30-,31?,32-,34?,35?/m1/s1. The van der Waals surface area contributed by atoms with E-state index in [2.05, 4.69) is 77.7 Å². The Labute approximate surface area is 227 Å². The highest BCUT2D eigenvalue weighted by Gasteiger charge is 2.77. The molecule has 8 rings (SSSR count). The van der Waals surface area contributed by atoms with E-state index < -0.39 is 0 Å². The van der Waals surface area contributed by atoms with Crippen molar-refractivity contribution in [3.05, 3.63) is 107 Å². The highest BCUT2D eigenvalue weighted by atomic mass is 16.5. The van der Waals surface area contributed by atoms with Crippen molar-refractivity contribution in [2.75, 3.05) is 20.2 Å². The van der Waals surface area contributed by atoms with Crippen molar-refractivity contribution in [3.8, 4) is 0 Å². The lowest BCUT2D eigenvalue weighted by molar-refractivity contribution is 0.0253. The van der Waals surface area contributed by atoms with Crippen LogP contribution < -0.4 is 0 Å². The van der Waals surface area contributed by atoms with Crippen LogP contribution in [0.1, 0.15) is 84.0 Å². The van der Waals surface area contributed by atoms with E-state index in [0.29, 0.717) is 28.9 Å². The van der Waals surface area contributed by atoms with Gasteiger partial charge in [0.2, 0.25) is 0 Å². The van der Waals surface area contributed by atoms with E-state index in [4.69, 9.17) is 4.74 Å². The topological polar surface area (TPSA) is 29.5 Å². The fraction of sp³-hybridized carbons (Fsp3) is 0.457. The number of hydrogen-bond acceptors (Lipinski definition) is 3. The highest BCUT2D eigenvalue weighted by molar-refractivity contribution is 5.89. The molecule has 0 N–H and O–H groups in total. The first kappa shape index (κ1) is 24.2. The van der Waals surface area contributed by atoms with E-state index in [1.54, 1.807) is 0 Å². The summed E-state index contributed by atoms with van der Waals surface area (Å²) in [5.74, 6) is 1.72. The molecule has 1 heterocycles. The Kier molecular flexibility index (Phi) is 5.96. The Morgan fingerprint density at radius 1 is 0.842 bits per heavy atom. The first-order chi connectivity index (χ1) is 18.6. The van der Waals surface area contributed by atoms with Gasteiger partial charge in [0, 0.05) is 24.5 Å². The molecule has 3 atom stereocenters. The molecule has 0 radical (unpaired) electrons. The van der Waals surface area contributed by atoms with Gasteiger partial charge < -0.3 is 4.74 Å². The van der Waals surface area contributed by atoms with Gasteiger partial charge in [-0.15, -0.1) is 0 Å². The minimum atomic E-state index is -0.260. The molecule has 1 aliphatic heterocycles. The molecule has 5 fully saturated rings. The number of carbonyl (C=O) groups excluding carboxylic acids is 1. The van der Waals surface area contributed by atoms with Gasteiger partial charge in [-0.05, 0) is 77.7 Å². The van der Waals surface area contributed by atoms with Gasteiger partial charge in [-0.25, -0.2) is 4.79 Å². The van der Waals surface area contributed by atoms with Crippen molar-refractivity contribution in [1.29, 1.82) is 0 Å². The van der Waals surface area contributed by atoms with Crippen LogP contribution in [0.5, 0.6) is 0 Å². The fourth-order valence-corrected chi connectivity index (χ4v) is 9.44. The Bertz CT molecular complexity index is 1270. The zero-order valence-electron chi connectivity index (χ0n) is 22.5. The number of carbonyl (C=O) groups is 1. The SMILES string of the molecule is COC(=O)c1ccc(C23CC4(C2)[C@H](CN(CC2CCCCC2)[C@@H]4c2ccccc2)C3c2ccccc2)cc1. The zero-order valence-corrected chi connectivity index (χ0v) is 22.5. The van der Waals surface area contributed by atoms with Crippen LogP contribution in [0.25, 0.3) is 0 Å². The number of likely N-dealkylation sites (tertiary alicyclic amines) is 1. The van der Waals surface area contributed by atoms with Gasteiger partial charge in [-0.1, -0.05) is 92.1 Å². The molecule has 2 bridgehead atoms. The zero-order chi connectivity index (χ0) is 25.7. The van der Waals surface area contributed by atoms with Crippen LogP contribution in [0.15, 0.2) is 84.9 Å². The van der Waals surface area contributed by atoms with Crippen LogP contribution in [0, 0.1) is 17.3 Å². The second-order valence-corrected chi connectivity index (χ2v) is 12.6. The van der Waals surface area contributed by atoms with E-state index in [9.17, 15) is 4.79 Å². The van der Waals surface area contributed by atoms with Crippen molar-refractivity contribution in [2.24, 2.45) is 17.3 Å². The number of methoxy groups -OCH3 is 1. The van der Waals surface area contributed by atoms with Crippen molar-refractivity contribution >= 4 is 5.97 Å². The van der Waals surface area contributed by atoms with Crippen LogP contribution in [0.2, 0.25) is 0 Å². The Balaban J connectivity index is 1.29. The summed E-state index contributed by atoms with van der Waals surface area (Å²) in [6, 6.07) is 31.6. The highest BCUT2D eigenvalue weighted by Crippen LogP contribution is 2.82. The molecule has 3 heteroatoms. The molecule has 0 aromatic heterocycles. The molecule has 3 nitrogen and oxygen atoms in total. The number of benzene rings is 3. The molecule has 196 valence electrons. The molecule has 1 spiro atoms. The van der Waals surface area contributed by atoms with E-state index in [-0.39, 0.29) is 11.4 Å². The van der Waals surface area contributed by atoms with Gasteiger partial charge in [0.1, 0.15) is 0 Å². The monoisotopic (exact) mass is 505 g/mol. The van der Waals surface area contributed by atoms with Crippen LogP contribution in [-0.2, 0) is 10.2 Å². The smallest absolute Gasteiger partial charge is 0.337 e. The molecular formula is C35H39NO2. The minimum absolute atomic E-state index is 0.130. The van der Waals surface area contributed by atoms with E-state index >= 15 is 0 Å². The number of rotatable bonds is 6. The summed E-state index contributed by atoms with van der Waals surface area (Å²) in [6.07, 6.45) is 9.47. The third kappa shape index (κ3) is 3.61. The van der Waals surface area contributed by atoms with Gasteiger partial charge in [-0.3, -0.25) is 4.90 Å². The summed E-state index contributed by atoms with van der Waals surface area (Å²) in [5, 5.41) is 0. The summed E-state index contributed by atoms with van der Waals surface area (Å²) >= 11 is 0. The minimum Gasteiger partial charge on any atom is -0.465 e. The summed E-state index contributed by atoms with van der Waals surface area (Å²) in [4.78, 5) is 15.1. The van der Waals surface area contributed by atoms with Gasteiger partial charge in [-0.2, -0.15) is 0 Å².